The van der Waals surface area contributed by atoms with E-state index in [-0.39, 0.29) is 11.7 Å². The van der Waals surface area contributed by atoms with Crippen molar-refractivity contribution in [1.29, 1.82) is 0 Å². The molecule has 3 N–H and O–H groups in total. The number of hydrogen-bond donors (Lipinski definition) is 3. The van der Waals surface area contributed by atoms with Crippen LogP contribution in [0.1, 0.15) is 11.1 Å². The third-order valence-corrected chi connectivity index (χ3v) is 4.52. The highest BCUT2D eigenvalue weighted by Gasteiger charge is 2.12. The number of rotatable bonds is 4. The number of imidazole rings is 1. The molecule has 0 bridgehead atoms. The maximum absolute atomic E-state index is 12.1. The van der Waals surface area contributed by atoms with Gasteiger partial charge in [-0.15, -0.1) is 0 Å². The Morgan fingerprint density at radius 1 is 1.03 bits per heavy atom. The number of phenolic OH excluding ortho intramolecular Hbond substituents is 1. The third-order valence-electron chi connectivity index (χ3n) is 4.52. The second-order valence-electron chi connectivity index (χ2n) is 6.73. The van der Waals surface area contributed by atoms with Crippen LogP contribution in [0.15, 0.2) is 72.8 Å². The van der Waals surface area contributed by atoms with E-state index in [1.54, 1.807) is 54.6 Å². The average Bonchev–Trinajstić information content (AvgIpc) is 3.04. The van der Waals surface area contributed by atoms with Crippen LogP contribution < -0.4 is 5.32 Å². The van der Waals surface area contributed by atoms with Gasteiger partial charge in [0.15, 0.2) is 5.82 Å². The van der Waals surface area contributed by atoms with E-state index in [0.717, 1.165) is 21.4 Å². The number of benzene rings is 3. The Morgan fingerprint density at radius 3 is 2.48 bits per heavy atom. The number of carbonyl (C=O) groups excluding carboxylic acids is 1. The molecule has 6 heteroatoms. The number of amides is 1. The minimum atomic E-state index is -0.268. The molecule has 0 radical (unpaired) electrons. The zero-order valence-corrected chi connectivity index (χ0v) is 15.7. The summed E-state index contributed by atoms with van der Waals surface area (Å²) in [6.07, 6.45) is 3.09. The quantitative estimate of drug-likeness (QED) is 0.354. The van der Waals surface area contributed by atoms with Gasteiger partial charge in [0.05, 0.1) is 5.52 Å². The van der Waals surface area contributed by atoms with Crippen LogP contribution in [-0.2, 0) is 4.79 Å². The fraction of sp³-hybridized carbons (Fsp3) is 0.0435. The van der Waals surface area contributed by atoms with E-state index in [0.29, 0.717) is 22.5 Å². The van der Waals surface area contributed by atoms with Gasteiger partial charge in [-0.3, -0.25) is 4.79 Å². The van der Waals surface area contributed by atoms with Crippen LogP contribution in [0.25, 0.3) is 28.5 Å². The molecule has 3 aromatic carbocycles. The highest BCUT2D eigenvalue weighted by atomic mass is 16.5. The largest absolute Gasteiger partial charge is 0.508 e. The zero-order valence-electron chi connectivity index (χ0n) is 15.7. The number of fused-ring (bicyclic) bond motifs is 1. The Morgan fingerprint density at radius 2 is 1.76 bits per heavy atom. The Balaban J connectivity index is 1.48. The lowest BCUT2D eigenvalue weighted by molar-refractivity contribution is -0.111. The van der Waals surface area contributed by atoms with Gasteiger partial charge in [-0.2, -0.15) is 4.73 Å². The molecule has 1 heterocycles. The molecule has 144 valence electrons. The number of aromatic nitrogens is 2. The summed E-state index contributed by atoms with van der Waals surface area (Å²) in [5, 5.41) is 22.5. The maximum Gasteiger partial charge on any atom is 0.248 e. The van der Waals surface area contributed by atoms with Crippen LogP contribution in [0.3, 0.4) is 0 Å². The number of nitrogens with zero attached hydrogens (tertiary/aromatic N) is 2. The molecule has 0 aliphatic carbocycles. The fourth-order valence-corrected chi connectivity index (χ4v) is 3.00. The van der Waals surface area contributed by atoms with Gasteiger partial charge in [0, 0.05) is 17.3 Å². The molecule has 0 saturated carbocycles. The molecule has 0 aliphatic rings. The van der Waals surface area contributed by atoms with Gasteiger partial charge in [0.2, 0.25) is 5.91 Å². The Hall–Kier alpha value is -4.06. The van der Waals surface area contributed by atoms with Gasteiger partial charge < -0.3 is 15.6 Å². The lowest BCUT2D eigenvalue weighted by atomic mass is 10.2. The molecule has 0 spiro atoms. The molecular weight excluding hydrogens is 366 g/mol. The lowest BCUT2D eigenvalue weighted by Crippen LogP contribution is -2.07. The zero-order chi connectivity index (χ0) is 20.4. The molecule has 0 unspecified atom stereocenters. The van der Waals surface area contributed by atoms with E-state index in [1.165, 1.54) is 6.08 Å². The van der Waals surface area contributed by atoms with Crippen molar-refractivity contribution in [2.24, 2.45) is 0 Å². The van der Waals surface area contributed by atoms with Crippen molar-refractivity contribution in [3.63, 3.8) is 0 Å². The van der Waals surface area contributed by atoms with Crippen LogP contribution >= 0.6 is 0 Å². The first-order chi connectivity index (χ1) is 14.0. The summed E-state index contributed by atoms with van der Waals surface area (Å²) in [5.74, 6) is 0.352. The second-order valence-corrected chi connectivity index (χ2v) is 6.73. The van der Waals surface area contributed by atoms with Crippen molar-refractivity contribution in [2.45, 2.75) is 6.92 Å². The molecule has 1 aromatic heterocycles. The first-order valence-electron chi connectivity index (χ1n) is 9.06. The summed E-state index contributed by atoms with van der Waals surface area (Å²) >= 11 is 0. The molecule has 29 heavy (non-hydrogen) atoms. The van der Waals surface area contributed by atoms with Crippen LogP contribution in [0, 0.1) is 6.92 Å². The van der Waals surface area contributed by atoms with Crippen LogP contribution in [0.5, 0.6) is 5.75 Å². The minimum Gasteiger partial charge on any atom is -0.508 e. The van der Waals surface area contributed by atoms with E-state index in [1.807, 2.05) is 25.1 Å². The van der Waals surface area contributed by atoms with E-state index in [4.69, 9.17) is 0 Å². The summed E-state index contributed by atoms with van der Waals surface area (Å²) in [5.41, 5.74) is 4.58. The Kier molecular flexibility index (Phi) is 4.75. The lowest BCUT2D eigenvalue weighted by Gasteiger charge is -2.05. The maximum atomic E-state index is 12.1. The average molecular weight is 385 g/mol. The summed E-state index contributed by atoms with van der Waals surface area (Å²) in [6, 6.07) is 19.4. The molecular formula is C23H19N3O3. The van der Waals surface area contributed by atoms with Crippen LogP contribution in [0.2, 0.25) is 0 Å². The van der Waals surface area contributed by atoms with Gasteiger partial charge >= 0.3 is 0 Å². The second kappa shape index (κ2) is 7.52. The smallest absolute Gasteiger partial charge is 0.248 e. The van der Waals surface area contributed by atoms with E-state index >= 15 is 0 Å². The molecule has 1 amide bonds. The summed E-state index contributed by atoms with van der Waals surface area (Å²) in [6.45, 7) is 1.96. The van der Waals surface area contributed by atoms with Gasteiger partial charge in [0.25, 0.3) is 0 Å². The minimum absolute atomic E-state index is 0.179. The molecule has 6 nitrogen and oxygen atoms in total. The topological polar surface area (TPSA) is 87.4 Å². The number of phenols is 1. The number of nitrogens with one attached hydrogen (secondary N) is 1. The number of carbonyl (C=O) groups is 1. The van der Waals surface area contributed by atoms with Crippen molar-refractivity contribution < 1.29 is 15.1 Å². The van der Waals surface area contributed by atoms with E-state index < -0.39 is 0 Å². The monoisotopic (exact) mass is 385 g/mol. The van der Waals surface area contributed by atoms with Gasteiger partial charge in [-0.05, 0) is 72.7 Å². The van der Waals surface area contributed by atoms with E-state index in [9.17, 15) is 15.1 Å². The standard InChI is InChI=1S/C23H19N3O3/c1-15-2-12-20-21(14-15)26(29)23(25-20)17-6-8-18(9-7-17)24-22(28)13-5-16-3-10-19(27)11-4-16/h2-14,27,29H,1H3,(H,24,28)/b13-5+. The molecule has 4 rings (SSSR count). The van der Waals surface area contributed by atoms with Crippen LogP contribution in [0.4, 0.5) is 5.69 Å². The van der Waals surface area contributed by atoms with Crippen molar-refractivity contribution in [3.05, 3.63) is 83.9 Å². The van der Waals surface area contributed by atoms with Crippen molar-refractivity contribution in [2.75, 3.05) is 5.32 Å². The van der Waals surface area contributed by atoms with Crippen molar-refractivity contribution >= 4 is 28.7 Å². The van der Waals surface area contributed by atoms with E-state index in [2.05, 4.69) is 10.3 Å². The molecule has 0 atom stereocenters. The highest BCUT2D eigenvalue weighted by Crippen LogP contribution is 2.25. The van der Waals surface area contributed by atoms with Gasteiger partial charge in [-0.1, -0.05) is 18.2 Å². The van der Waals surface area contributed by atoms with Gasteiger partial charge in [0.1, 0.15) is 11.3 Å². The SMILES string of the molecule is Cc1ccc2nc(-c3ccc(NC(=O)/C=C/c4ccc(O)cc4)cc3)n(O)c2c1. The molecule has 0 fully saturated rings. The number of anilines is 1. The summed E-state index contributed by atoms with van der Waals surface area (Å²) in [7, 11) is 0. The van der Waals surface area contributed by atoms with Gasteiger partial charge in [-0.25, -0.2) is 4.98 Å². The number of hydrogen-bond acceptors (Lipinski definition) is 4. The Labute approximate surface area is 167 Å². The third kappa shape index (κ3) is 3.96. The number of aromatic hydroxyl groups is 1. The molecule has 0 aliphatic heterocycles. The predicted molar refractivity (Wildman–Crippen MR) is 113 cm³/mol. The van der Waals surface area contributed by atoms with Crippen molar-refractivity contribution in [3.8, 4) is 17.1 Å². The molecule has 0 saturated heterocycles. The summed E-state index contributed by atoms with van der Waals surface area (Å²) < 4.78 is 1.08. The molecule has 4 aromatic rings. The first kappa shape index (κ1) is 18.3. The first-order valence-corrected chi connectivity index (χ1v) is 9.06. The van der Waals surface area contributed by atoms with Crippen molar-refractivity contribution in [1.82, 2.24) is 9.71 Å². The predicted octanol–water partition coefficient (Wildman–Crippen LogP) is 4.61. The summed E-state index contributed by atoms with van der Waals surface area (Å²) in [4.78, 5) is 16.6. The fourth-order valence-electron chi connectivity index (χ4n) is 3.00. The normalized spacial score (nSPS) is 11.2. The Bertz CT molecular complexity index is 1210. The number of aryl methyl sites for hydroxylation is 1. The highest BCUT2D eigenvalue weighted by molar-refractivity contribution is 6.02. The van der Waals surface area contributed by atoms with Crippen LogP contribution in [-0.4, -0.2) is 25.9 Å².